The Morgan fingerprint density at radius 3 is 2.83 bits per heavy atom. The molecule has 2 heteroatoms. The first-order valence-electron chi connectivity index (χ1n) is 3.99. The molecule has 0 aromatic heterocycles. The lowest BCUT2D eigenvalue weighted by atomic mass is 10.1. The van der Waals surface area contributed by atoms with Crippen molar-refractivity contribution >= 4 is 11.6 Å². The van der Waals surface area contributed by atoms with Gasteiger partial charge < -0.3 is 4.74 Å². The van der Waals surface area contributed by atoms with Gasteiger partial charge in [-0.15, -0.1) is 11.6 Å². The Bertz CT molecular complexity index is 245. The second kappa shape index (κ2) is 4.36. The molecule has 0 N–H and O–H groups in total. The maximum Gasteiger partial charge on any atom is 0.119 e. The fourth-order valence-corrected chi connectivity index (χ4v) is 1.30. The summed E-state index contributed by atoms with van der Waals surface area (Å²) in [6.45, 7) is 1.99. The van der Waals surface area contributed by atoms with Gasteiger partial charge in [0.05, 0.1) is 7.11 Å². The number of hydrogen-bond acceptors (Lipinski definition) is 1. The van der Waals surface area contributed by atoms with E-state index in [1.165, 1.54) is 5.56 Å². The summed E-state index contributed by atoms with van der Waals surface area (Å²) in [7, 11) is 1.67. The monoisotopic (exact) mass is 184 g/mol. The molecule has 0 bridgehead atoms. The number of methoxy groups -OCH3 is 1. The molecule has 0 radical (unpaired) electrons. The van der Waals surface area contributed by atoms with Gasteiger partial charge in [0.2, 0.25) is 0 Å². The average Bonchev–Trinajstić information content (AvgIpc) is 2.03. The Kier molecular flexibility index (Phi) is 3.42. The van der Waals surface area contributed by atoms with Crippen molar-refractivity contribution in [3.05, 3.63) is 29.8 Å². The first kappa shape index (κ1) is 9.40. The molecule has 0 fully saturated rings. The predicted molar refractivity (Wildman–Crippen MR) is 52.0 cm³/mol. The minimum Gasteiger partial charge on any atom is -0.497 e. The van der Waals surface area contributed by atoms with Crippen LogP contribution in [-0.2, 0) is 6.42 Å². The van der Waals surface area contributed by atoms with E-state index in [0.29, 0.717) is 0 Å². The number of halogens is 1. The smallest absolute Gasteiger partial charge is 0.119 e. The fraction of sp³-hybridized carbons (Fsp3) is 0.400. The van der Waals surface area contributed by atoms with Crippen molar-refractivity contribution in [2.24, 2.45) is 0 Å². The standard InChI is InChI=1S/C10H13ClO/c1-8(11)6-9-4-3-5-10(7-9)12-2/h3-5,7-8H,6H2,1-2H3. The van der Waals surface area contributed by atoms with Crippen LogP contribution < -0.4 is 4.74 Å². The lowest BCUT2D eigenvalue weighted by Crippen LogP contribution is -1.96. The Hall–Kier alpha value is -0.690. The van der Waals surface area contributed by atoms with Gasteiger partial charge in [0.15, 0.2) is 0 Å². The van der Waals surface area contributed by atoms with Crippen molar-refractivity contribution < 1.29 is 4.74 Å². The molecule has 1 aromatic carbocycles. The summed E-state index contributed by atoms with van der Waals surface area (Å²) in [6.07, 6.45) is 0.888. The van der Waals surface area contributed by atoms with E-state index in [0.717, 1.165) is 12.2 Å². The number of benzene rings is 1. The van der Waals surface area contributed by atoms with Crippen molar-refractivity contribution in [2.75, 3.05) is 7.11 Å². The van der Waals surface area contributed by atoms with Gasteiger partial charge in [0.1, 0.15) is 5.75 Å². The minimum absolute atomic E-state index is 0.178. The normalized spacial score (nSPS) is 12.6. The highest BCUT2D eigenvalue weighted by molar-refractivity contribution is 6.20. The first-order chi connectivity index (χ1) is 5.72. The summed E-state index contributed by atoms with van der Waals surface area (Å²) >= 11 is 5.87. The van der Waals surface area contributed by atoms with Crippen LogP contribution in [0.5, 0.6) is 5.75 Å². The van der Waals surface area contributed by atoms with Gasteiger partial charge in [0, 0.05) is 5.38 Å². The first-order valence-corrected chi connectivity index (χ1v) is 4.43. The predicted octanol–water partition coefficient (Wildman–Crippen LogP) is 2.87. The Balaban J connectivity index is 2.72. The molecule has 1 rings (SSSR count). The van der Waals surface area contributed by atoms with Gasteiger partial charge in [-0.2, -0.15) is 0 Å². The zero-order valence-electron chi connectivity index (χ0n) is 7.38. The zero-order valence-corrected chi connectivity index (χ0v) is 8.14. The van der Waals surface area contributed by atoms with Crippen LogP contribution in [0.2, 0.25) is 0 Å². The van der Waals surface area contributed by atoms with Crippen LogP contribution in [0.25, 0.3) is 0 Å². The molecule has 66 valence electrons. The van der Waals surface area contributed by atoms with Crippen LogP contribution in [-0.4, -0.2) is 12.5 Å². The van der Waals surface area contributed by atoms with E-state index in [1.807, 2.05) is 25.1 Å². The fourth-order valence-electron chi connectivity index (χ4n) is 1.12. The molecule has 1 unspecified atom stereocenters. The Morgan fingerprint density at radius 1 is 1.50 bits per heavy atom. The molecule has 0 heterocycles. The highest BCUT2D eigenvalue weighted by Crippen LogP contribution is 2.15. The molecule has 0 aliphatic rings. The van der Waals surface area contributed by atoms with Gasteiger partial charge in [-0.25, -0.2) is 0 Å². The topological polar surface area (TPSA) is 9.23 Å². The second-order valence-electron chi connectivity index (χ2n) is 2.84. The summed E-state index contributed by atoms with van der Waals surface area (Å²) in [6, 6.07) is 7.98. The molecule has 0 saturated carbocycles. The molecule has 1 nitrogen and oxygen atoms in total. The highest BCUT2D eigenvalue weighted by Gasteiger charge is 1.99. The van der Waals surface area contributed by atoms with Gasteiger partial charge in [-0.1, -0.05) is 12.1 Å². The third kappa shape index (κ3) is 2.74. The largest absolute Gasteiger partial charge is 0.497 e. The molecule has 12 heavy (non-hydrogen) atoms. The number of ether oxygens (including phenoxy) is 1. The maximum atomic E-state index is 5.87. The van der Waals surface area contributed by atoms with Gasteiger partial charge in [0.25, 0.3) is 0 Å². The van der Waals surface area contributed by atoms with E-state index in [9.17, 15) is 0 Å². The van der Waals surface area contributed by atoms with Crippen molar-refractivity contribution in [1.29, 1.82) is 0 Å². The molecule has 0 amide bonds. The SMILES string of the molecule is COc1cccc(CC(C)Cl)c1. The van der Waals surface area contributed by atoms with Crippen LogP contribution in [0.3, 0.4) is 0 Å². The van der Waals surface area contributed by atoms with E-state index >= 15 is 0 Å². The van der Waals surface area contributed by atoms with Gasteiger partial charge >= 0.3 is 0 Å². The van der Waals surface area contributed by atoms with Crippen LogP contribution in [0.15, 0.2) is 24.3 Å². The quantitative estimate of drug-likeness (QED) is 0.657. The molecule has 0 aliphatic carbocycles. The average molecular weight is 185 g/mol. The van der Waals surface area contributed by atoms with Crippen LogP contribution in [0.1, 0.15) is 12.5 Å². The van der Waals surface area contributed by atoms with Crippen molar-refractivity contribution in [3.8, 4) is 5.75 Å². The second-order valence-corrected chi connectivity index (χ2v) is 3.58. The maximum absolute atomic E-state index is 5.87. The lowest BCUT2D eigenvalue weighted by molar-refractivity contribution is 0.414. The molecule has 0 saturated heterocycles. The molecular weight excluding hydrogens is 172 g/mol. The van der Waals surface area contributed by atoms with Crippen LogP contribution >= 0.6 is 11.6 Å². The molecular formula is C10H13ClO. The third-order valence-corrected chi connectivity index (χ3v) is 1.81. The number of hydrogen-bond donors (Lipinski definition) is 0. The van der Waals surface area contributed by atoms with Crippen molar-refractivity contribution in [2.45, 2.75) is 18.7 Å². The minimum atomic E-state index is 0.178. The van der Waals surface area contributed by atoms with E-state index in [4.69, 9.17) is 16.3 Å². The van der Waals surface area contributed by atoms with E-state index in [-0.39, 0.29) is 5.38 Å². The molecule has 0 aliphatic heterocycles. The number of rotatable bonds is 3. The Morgan fingerprint density at radius 2 is 2.25 bits per heavy atom. The Labute approximate surface area is 78.3 Å². The lowest BCUT2D eigenvalue weighted by Gasteiger charge is -2.05. The summed E-state index contributed by atoms with van der Waals surface area (Å²) in [5, 5.41) is 0.178. The zero-order chi connectivity index (χ0) is 8.97. The highest BCUT2D eigenvalue weighted by atomic mass is 35.5. The van der Waals surface area contributed by atoms with E-state index < -0.39 is 0 Å². The van der Waals surface area contributed by atoms with E-state index in [2.05, 4.69) is 6.07 Å². The summed E-state index contributed by atoms with van der Waals surface area (Å²) in [5.41, 5.74) is 1.22. The van der Waals surface area contributed by atoms with Gasteiger partial charge in [-0.3, -0.25) is 0 Å². The molecule has 1 atom stereocenters. The summed E-state index contributed by atoms with van der Waals surface area (Å²) in [4.78, 5) is 0. The summed E-state index contributed by atoms with van der Waals surface area (Å²) < 4.78 is 5.09. The van der Waals surface area contributed by atoms with Crippen molar-refractivity contribution in [1.82, 2.24) is 0 Å². The molecule has 1 aromatic rings. The molecule has 0 spiro atoms. The van der Waals surface area contributed by atoms with Crippen LogP contribution in [0, 0.1) is 0 Å². The van der Waals surface area contributed by atoms with Crippen molar-refractivity contribution in [3.63, 3.8) is 0 Å². The van der Waals surface area contributed by atoms with E-state index in [1.54, 1.807) is 7.11 Å². The summed E-state index contributed by atoms with van der Waals surface area (Å²) in [5.74, 6) is 0.893. The number of alkyl halides is 1. The van der Waals surface area contributed by atoms with Crippen LogP contribution in [0.4, 0.5) is 0 Å². The van der Waals surface area contributed by atoms with Gasteiger partial charge in [-0.05, 0) is 31.0 Å². The third-order valence-electron chi connectivity index (χ3n) is 1.65.